The predicted molar refractivity (Wildman–Crippen MR) is 89.9 cm³/mol. The fourth-order valence-electron chi connectivity index (χ4n) is 1.56. The van der Waals surface area contributed by atoms with Gasteiger partial charge in [0.15, 0.2) is 0 Å². The van der Waals surface area contributed by atoms with Crippen LogP contribution in [0.1, 0.15) is 10.4 Å². The molecule has 0 aliphatic carbocycles. The average molecular weight is 372 g/mol. The van der Waals surface area contributed by atoms with E-state index in [0.29, 0.717) is 14.9 Å². The first-order valence-corrected chi connectivity index (χ1v) is 8.06. The van der Waals surface area contributed by atoms with E-state index in [2.05, 4.69) is 15.8 Å². The minimum atomic E-state index is -0.703. The number of carbonyl (C=O) groups is 2. The van der Waals surface area contributed by atoms with Crippen molar-refractivity contribution in [1.82, 2.24) is 15.8 Å². The monoisotopic (exact) mass is 371 g/mol. The minimum absolute atomic E-state index is 0.0193. The molecular formula is C14H11Cl2N3O3S. The van der Waals surface area contributed by atoms with Gasteiger partial charge in [0.25, 0.3) is 11.5 Å². The molecule has 0 fully saturated rings. The summed E-state index contributed by atoms with van der Waals surface area (Å²) in [7, 11) is 0. The molecule has 0 atom stereocenters. The Kier molecular flexibility index (Phi) is 6.09. The van der Waals surface area contributed by atoms with Gasteiger partial charge in [-0.15, -0.1) is 11.8 Å². The molecule has 9 heteroatoms. The Balaban J connectivity index is 1.86. The fourth-order valence-corrected chi connectivity index (χ4v) is 2.85. The van der Waals surface area contributed by atoms with Gasteiger partial charge in [-0.25, -0.2) is 0 Å². The highest BCUT2D eigenvalue weighted by molar-refractivity contribution is 8.00. The number of pyridine rings is 1. The number of nitrogens with one attached hydrogen (secondary N) is 3. The van der Waals surface area contributed by atoms with Crippen LogP contribution in [-0.4, -0.2) is 22.6 Å². The smallest absolute Gasteiger partial charge is 0.275 e. The van der Waals surface area contributed by atoms with Crippen molar-refractivity contribution in [2.24, 2.45) is 0 Å². The standard InChI is InChI=1S/C14H11Cl2N3O3S/c15-8-3-4-10(16)11(6-8)23-7-12(20)18-19-14(22)9-2-1-5-17-13(9)21/h1-6H,7H2,(H,17,21)(H,18,20)(H,19,22). The molecule has 0 unspecified atom stereocenters. The highest BCUT2D eigenvalue weighted by Crippen LogP contribution is 2.29. The maximum atomic E-state index is 11.8. The Morgan fingerprint density at radius 2 is 1.96 bits per heavy atom. The lowest BCUT2D eigenvalue weighted by Crippen LogP contribution is -2.44. The molecule has 3 N–H and O–H groups in total. The summed E-state index contributed by atoms with van der Waals surface area (Å²) in [4.78, 5) is 37.9. The molecular weight excluding hydrogens is 361 g/mol. The summed E-state index contributed by atoms with van der Waals surface area (Å²) in [5.74, 6) is -1.14. The van der Waals surface area contributed by atoms with Crippen molar-refractivity contribution in [3.8, 4) is 0 Å². The van der Waals surface area contributed by atoms with Crippen LogP contribution in [0.3, 0.4) is 0 Å². The topological polar surface area (TPSA) is 91.1 Å². The molecule has 1 aromatic heterocycles. The number of thioether (sulfide) groups is 1. The van der Waals surface area contributed by atoms with Gasteiger partial charge in [-0.2, -0.15) is 0 Å². The molecule has 6 nitrogen and oxygen atoms in total. The van der Waals surface area contributed by atoms with Crippen molar-refractivity contribution in [2.75, 3.05) is 5.75 Å². The highest BCUT2D eigenvalue weighted by atomic mass is 35.5. The zero-order valence-corrected chi connectivity index (χ0v) is 13.9. The number of aromatic nitrogens is 1. The van der Waals surface area contributed by atoms with E-state index in [1.807, 2.05) is 0 Å². The van der Waals surface area contributed by atoms with Gasteiger partial charge in [0.1, 0.15) is 5.56 Å². The molecule has 0 saturated carbocycles. The first kappa shape index (κ1) is 17.4. The molecule has 0 saturated heterocycles. The van der Waals surface area contributed by atoms with E-state index in [1.165, 1.54) is 30.1 Å². The van der Waals surface area contributed by atoms with E-state index < -0.39 is 17.4 Å². The fraction of sp³-hybridized carbons (Fsp3) is 0.0714. The number of amides is 2. The van der Waals surface area contributed by atoms with Gasteiger partial charge >= 0.3 is 0 Å². The third-order valence-corrected chi connectivity index (χ3v) is 4.36. The first-order valence-electron chi connectivity index (χ1n) is 6.32. The van der Waals surface area contributed by atoms with E-state index in [4.69, 9.17) is 23.2 Å². The van der Waals surface area contributed by atoms with Gasteiger partial charge in [0.2, 0.25) is 5.91 Å². The SMILES string of the molecule is O=C(CSc1cc(Cl)ccc1Cl)NNC(=O)c1ccc[nH]c1=O. The number of H-pyrrole nitrogens is 1. The second-order valence-electron chi connectivity index (χ2n) is 4.28. The Labute approximate surface area is 145 Å². The summed E-state index contributed by atoms with van der Waals surface area (Å²) < 4.78 is 0. The van der Waals surface area contributed by atoms with E-state index in [-0.39, 0.29) is 11.3 Å². The zero-order chi connectivity index (χ0) is 16.8. The summed E-state index contributed by atoms with van der Waals surface area (Å²) in [6, 6.07) is 7.78. The Bertz CT molecular complexity index is 795. The Morgan fingerprint density at radius 1 is 1.17 bits per heavy atom. The molecule has 2 aromatic rings. The summed E-state index contributed by atoms with van der Waals surface area (Å²) in [5, 5.41) is 0.987. The lowest BCUT2D eigenvalue weighted by atomic mass is 10.3. The number of hydrazine groups is 1. The van der Waals surface area contributed by atoms with Gasteiger partial charge in [-0.1, -0.05) is 23.2 Å². The molecule has 2 rings (SSSR count). The van der Waals surface area contributed by atoms with Crippen LogP contribution in [0.15, 0.2) is 46.2 Å². The van der Waals surface area contributed by atoms with E-state index in [9.17, 15) is 14.4 Å². The second kappa shape index (κ2) is 8.05. The molecule has 0 radical (unpaired) electrons. The van der Waals surface area contributed by atoms with Gasteiger partial charge < -0.3 is 4.98 Å². The van der Waals surface area contributed by atoms with Crippen LogP contribution in [-0.2, 0) is 4.79 Å². The van der Waals surface area contributed by atoms with Crippen LogP contribution in [0.5, 0.6) is 0 Å². The molecule has 0 aliphatic rings. The van der Waals surface area contributed by atoms with Crippen LogP contribution in [0.25, 0.3) is 0 Å². The van der Waals surface area contributed by atoms with E-state index in [0.717, 1.165) is 0 Å². The van der Waals surface area contributed by atoms with Crippen LogP contribution in [0, 0.1) is 0 Å². The quantitative estimate of drug-likeness (QED) is 0.567. The minimum Gasteiger partial charge on any atom is -0.328 e. The van der Waals surface area contributed by atoms with E-state index in [1.54, 1.807) is 18.2 Å². The van der Waals surface area contributed by atoms with Crippen molar-refractivity contribution in [3.63, 3.8) is 0 Å². The molecule has 1 heterocycles. The number of hydrogen-bond acceptors (Lipinski definition) is 4. The number of rotatable bonds is 4. The summed E-state index contributed by atoms with van der Waals surface area (Å²) >= 11 is 13.0. The Morgan fingerprint density at radius 3 is 2.70 bits per heavy atom. The summed E-state index contributed by atoms with van der Waals surface area (Å²) in [5.41, 5.74) is 3.75. The molecule has 23 heavy (non-hydrogen) atoms. The van der Waals surface area contributed by atoms with Crippen molar-refractivity contribution in [3.05, 3.63) is 62.5 Å². The highest BCUT2D eigenvalue weighted by Gasteiger charge is 2.11. The molecule has 0 bridgehead atoms. The van der Waals surface area contributed by atoms with Crippen molar-refractivity contribution < 1.29 is 9.59 Å². The zero-order valence-electron chi connectivity index (χ0n) is 11.6. The first-order chi connectivity index (χ1) is 11.0. The second-order valence-corrected chi connectivity index (χ2v) is 6.14. The molecule has 1 aromatic carbocycles. The maximum absolute atomic E-state index is 11.8. The molecule has 120 valence electrons. The number of halogens is 2. The number of hydrogen-bond donors (Lipinski definition) is 3. The van der Waals surface area contributed by atoms with Gasteiger partial charge in [0.05, 0.1) is 10.8 Å². The molecule has 0 spiro atoms. The van der Waals surface area contributed by atoms with E-state index >= 15 is 0 Å². The van der Waals surface area contributed by atoms with Crippen LogP contribution < -0.4 is 16.4 Å². The number of carbonyl (C=O) groups excluding carboxylic acids is 2. The summed E-state index contributed by atoms with van der Waals surface area (Å²) in [6.07, 6.45) is 1.41. The predicted octanol–water partition coefficient (Wildman–Crippen LogP) is 2.23. The van der Waals surface area contributed by atoms with Crippen LogP contribution in [0.2, 0.25) is 10.0 Å². The van der Waals surface area contributed by atoms with Crippen LogP contribution >= 0.6 is 35.0 Å². The third-order valence-electron chi connectivity index (χ3n) is 2.63. The Hall–Kier alpha value is -1.96. The lowest BCUT2D eigenvalue weighted by Gasteiger charge is -2.07. The maximum Gasteiger partial charge on any atom is 0.275 e. The summed E-state index contributed by atoms with van der Waals surface area (Å²) in [6.45, 7) is 0. The van der Waals surface area contributed by atoms with Gasteiger partial charge in [-0.3, -0.25) is 25.2 Å². The van der Waals surface area contributed by atoms with Gasteiger partial charge in [0, 0.05) is 16.1 Å². The molecule has 0 aliphatic heterocycles. The van der Waals surface area contributed by atoms with Crippen molar-refractivity contribution in [2.45, 2.75) is 4.90 Å². The van der Waals surface area contributed by atoms with Gasteiger partial charge in [-0.05, 0) is 30.3 Å². The average Bonchev–Trinajstić information content (AvgIpc) is 2.54. The van der Waals surface area contributed by atoms with Crippen molar-refractivity contribution in [1.29, 1.82) is 0 Å². The normalized spacial score (nSPS) is 10.2. The number of aromatic amines is 1. The molecule has 2 amide bonds. The lowest BCUT2D eigenvalue weighted by molar-refractivity contribution is -0.119. The number of benzene rings is 1. The largest absolute Gasteiger partial charge is 0.328 e. The van der Waals surface area contributed by atoms with Crippen LogP contribution in [0.4, 0.5) is 0 Å². The third kappa shape index (κ3) is 5.02. The van der Waals surface area contributed by atoms with Crippen molar-refractivity contribution >= 4 is 46.8 Å².